The van der Waals surface area contributed by atoms with Gasteiger partial charge in [-0.3, -0.25) is 4.79 Å². The fourth-order valence-corrected chi connectivity index (χ4v) is 3.45. The van der Waals surface area contributed by atoms with Crippen LogP contribution < -0.4 is 21.5 Å². The number of amides is 1. The van der Waals surface area contributed by atoms with Crippen LogP contribution in [-0.2, 0) is 4.79 Å². The van der Waals surface area contributed by atoms with E-state index in [1.807, 2.05) is 29.6 Å². The smallest absolute Gasteiger partial charge is 0.236 e. The van der Waals surface area contributed by atoms with Crippen molar-refractivity contribution in [2.24, 2.45) is 0 Å². The van der Waals surface area contributed by atoms with Crippen LogP contribution in [-0.4, -0.2) is 33.7 Å². The number of nitrogens with two attached hydrogens (primary N) is 2. The first-order valence-corrected chi connectivity index (χ1v) is 9.32. The summed E-state index contributed by atoms with van der Waals surface area (Å²) in [7, 11) is 1.62. The molecular formula is C16H16N6O2S2. The molecule has 3 aromatic rings. The van der Waals surface area contributed by atoms with Crippen LogP contribution in [0.4, 0.5) is 16.8 Å². The van der Waals surface area contributed by atoms with E-state index in [1.54, 1.807) is 7.11 Å². The summed E-state index contributed by atoms with van der Waals surface area (Å²) >= 11 is 2.51. The van der Waals surface area contributed by atoms with E-state index >= 15 is 0 Å². The molecule has 5 N–H and O–H groups in total. The predicted octanol–water partition coefficient (Wildman–Crippen LogP) is 2.50. The number of thioether (sulfide) groups is 1. The second-order valence-corrected chi connectivity index (χ2v) is 6.90. The number of thiazole rings is 1. The number of anilines is 3. The van der Waals surface area contributed by atoms with Gasteiger partial charge >= 0.3 is 0 Å². The number of hydrogen-bond donors (Lipinski definition) is 3. The molecule has 0 aliphatic heterocycles. The highest BCUT2D eigenvalue weighted by Crippen LogP contribution is 2.26. The van der Waals surface area contributed by atoms with Crippen molar-refractivity contribution in [1.29, 1.82) is 0 Å². The number of carbonyl (C=O) groups is 1. The van der Waals surface area contributed by atoms with Gasteiger partial charge in [-0.25, -0.2) is 15.0 Å². The fraction of sp³-hybridized carbons (Fsp3) is 0.125. The number of hydrogen-bond acceptors (Lipinski definition) is 9. The lowest BCUT2D eigenvalue weighted by Gasteiger charge is -2.03. The number of nitrogen functional groups attached to an aromatic ring is 2. The Hall–Kier alpha value is -2.85. The first-order valence-electron chi connectivity index (χ1n) is 7.46. The highest BCUT2D eigenvalue weighted by Gasteiger charge is 2.10. The third kappa shape index (κ3) is 4.61. The van der Waals surface area contributed by atoms with Crippen molar-refractivity contribution in [3.63, 3.8) is 0 Å². The summed E-state index contributed by atoms with van der Waals surface area (Å²) in [6.45, 7) is 0. The topological polar surface area (TPSA) is 129 Å². The molecule has 1 aromatic carbocycles. The van der Waals surface area contributed by atoms with Crippen LogP contribution in [0.5, 0.6) is 5.75 Å². The van der Waals surface area contributed by atoms with Crippen LogP contribution in [0.15, 0.2) is 40.9 Å². The number of aromatic nitrogens is 3. The van der Waals surface area contributed by atoms with E-state index in [2.05, 4.69) is 20.3 Å². The number of benzene rings is 1. The minimum absolute atomic E-state index is 0.125. The zero-order valence-corrected chi connectivity index (χ0v) is 15.4. The zero-order chi connectivity index (χ0) is 18.5. The first kappa shape index (κ1) is 18.0. The molecular weight excluding hydrogens is 372 g/mol. The molecule has 0 aliphatic rings. The molecule has 0 saturated carbocycles. The SMILES string of the molecule is COc1ccc(-c2csc(NC(=O)CSc3nc(N)cc(N)n3)n2)cc1. The molecule has 0 saturated heterocycles. The average Bonchev–Trinajstić information content (AvgIpc) is 3.08. The highest BCUT2D eigenvalue weighted by atomic mass is 32.2. The Kier molecular flexibility index (Phi) is 5.54. The molecule has 0 aliphatic carbocycles. The van der Waals surface area contributed by atoms with Gasteiger partial charge in [0, 0.05) is 17.0 Å². The predicted molar refractivity (Wildman–Crippen MR) is 104 cm³/mol. The number of methoxy groups -OCH3 is 1. The molecule has 2 aromatic heterocycles. The summed E-state index contributed by atoms with van der Waals surface area (Å²) in [5.74, 6) is 1.23. The van der Waals surface area contributed by atoms with Crippen molar-refractivity contribution in [3.8, 4) is 17.0 Å². The molecule has 0 spiro atoms. The lowest BCUT2D eigenvalue weighted by Crippen LogP contribution is -2.14. The number of ether oxygens (including phenoxy) is 1. The van der Waals surface area contributed by atoms with Gasteiger partial charge < -0.3 is 21.5 Å². The number of carbonyl (C=O) groups excluding carboxylic acids is 1. The molecule has 0 radical (unpaired) electrons. The Morgan fingerprint density at radius 1 is 1.19 bits per heavy atom. The van der Waals surface area contributed by atoms with Gasteiger partial charge in [0.05, 0.1) is 18.6 Å². The van der Waals surface area contributed by atoms with Crippen LogP contribution in [0.1, 0.15) is 0 Å². The molecule has 8 nitrogen and oxygen atoms in total. The molecule has 2 heterocycles. The molecule has 134 valence electrons. The number of rotatable bonds is 6. The molecule has 0 fully saturated rings. The molecule has 0 unspecified atom stereocenters. The maximum Gasteiger partial charge on any atom is 0.236 e. The van der Waals surface area contributed by atoms with E-state index in [9.17, 15) is 4.79 Å². The van der Waals surface area contributed by atoms with Gasteiger partial charge in [-0.1, -0.05) is 11.8 Å². The van der Waals surface area contributed by atoms with Crippen molar-refractivity contribution in [3.05, 3.63) is 35.7 Å². The fourth-order valence-electron chi connectivity index (χ4n) is 2.04. The van der Waals surface area contributed by atoms with E-state index in [-0.39, 0.29) is 23.3 Å². The largest absolute Gasteiger partial charge is 0.497 e. The molecule has 10 heteroatoms. The maximum absolute atomic E-state index is 12.1. The van der Waals surface area contributed by atoms with Crippen molar-refractivity contribution in [2.75, 3.05) is 29.6 Å². The zero-order valence-electron chi connectivity index (χ0n) is 13.8. The summed E-state index contributed by atoms with van der Waals surface area (Å²) in [6, 6.07) is 9.01. The Morgan fingerprint density at radius 3 is 2.54 bits per heavy atom. The molecule has 1 amide bonds. The molecule has 3 rings (SSSR count). The third-order valence-corrected chi connectivity index (χ3v) is 4.82. The van der Waals surface area contributed by atoms with Crippen LogP contribution in [0.3, 0.4) is 0 Å². The maximum atomic E-state index is 12.1. The molecule has 0 atom stereocenters. The van der Waals surface area contributed by atoms with Crippen LogP contribution >= 0.6 is 23.1 Å². The van der Waals surface area contributed by atoms with Gasteiger partial charge in [0.2, 0.25) is 5.91 Å². The van der Waals surface area contributed by atoms with Gasteiger partial charge in [-0.05, 0) is 24.3 Å². The van der Waals surface area contributed by atoms with Crippen molar-refractivity contribution < 1.29 is 9.53 Å². The average molecular weight is 388 g/mol. The number of nitrogens with zero attached hydrogens (tertiary/aromatic N) is 3. The van der Waals surface area contributed by atoms with Crippen LogP contribution in [0.25, 0.3) is 11.3 Å². The van der Waals surface area contributed by atoms with Gasteiger partial charge in [-0.2, -0.15) is 0 Å². The Balaban J connectivity index is 1.58. The Bertz CT molecular complexity index is 893. The van der Waals surface area contributed by atoms with E-state index in [4.69, 9.17) is 16.2 Å². The number of nitrogens with one attached hydrogen (secondary N) is 1. The van der Waals surface area contributed by atoms with E-state index < -0.39 is 0 Å². The van der Waals surface area contributed by atoms with E-state index in [0.29, 0.717) is 10.3 Å². The summed E-state index contributed by atoms with van der Waals surface area (Å²) in [5.41, 5.74) is 12.9. The van der Waals surface area contributed by atoms with Crippen molar-refractivity contribution in [1.82, 2.24) is 15.0 Å². The van der Waals surface area contributed by atoms with Crippen molar-refractivity contribution >= 4 is 45.8 Å². The first-order chi connectivity index (χ1) is 12.5. The minimum Gasteiger partial charge on any atom is -0.497 e. The lowest BCUT2D eigenvalue weighted by atomic mass is 10.2. The second kappa shape index (κ2) is 8.02. The lowest BCUT2D eigenvalue weighted by molar-refractivity contribution is -0.113. The van der Waals surface area contributed by atoms with Gasteiger partial charge in [0.25, 0.3) is 0 Å². The highest BCUT2D eigenvalue weighted by molar-refractivity contribution is 7.99. The summed E-state index contributed by atoms with van der Waals surface area (Å²) in [6.07, 6.45) is 0. The standard InChI is InChI=1S/C16H16N6O2S2/c1-24-10-4-2-9(3-5-10)11-7-25-15(19-11)22-14(23)8-26-16-20-12(17)6-13(18)21-16/h2-7H,8H2,1H3,(H,19,22,23)(H4,17,18,20,21). The quantitative estimate of drug-likeness (QED) is 0.434. The molecule has 0 bridgehead atoms. The normalized spacial score (nSPS) is 10.5. The Labute approximate surface area is 158 Å². The molecule has 26 heavy (non-hydrogen) atoms. The van der Waals surface area contributed by atoms with Gasteiger partial charge in [0.1, 0.15) is 17.4 Å². The van der Waals surface area contributed by atoms with Crippen LogP contribution in [0, 0.1) is 0 Å². The third-order valence-electron chi connectivity index (χ3n) is 3.21. The summed E-state index contributed by atoms with van der Waals surface area (Å²) in [5, 5.41) is 5.52. The summed E-state index contributed by atoms with van der Waals surface area (Å²) in [4.78, 5) is 24.5. The van der Waals surface area contributed by atoms with Crippen LogP contribution in [0.2, 0.25) is 0 Å². The van der Waals surface area contributed by atoms with E-state index in [0.717, 1.165) is 28.8 Å². The monoisotopic (exact) mass is 388 g/mol. The van der Waals surface area contributed by atoms with Gasteiger partial charge in [0.15, 0.2) is 10.3 Å². The summed E-state index contributed by atoms with van der Waals surface area (Å²) < 4.78 is 5.14. The van der Waals surface area contributed by atoms with Crippen molar-refractivity contribution in [2.45, 2.75) is 5.16 Å². The Morgan fingerprint density at radius 2 is 1.88 bits per heavy atom. The minimum atomic E-state index is -0.213. The van der Waals surface area contributed by atoms with E-state index in [1.165, 1.54) is 17.4 Å². The second-order valence-electron chi connectivity index (χ2n) is 5.10. The van der Waals surface area contributed by atoms with Gasteiger partial charge in [-0.15, -0.1) is 11.3 Å².